The minimum atomic E-state index is -0.571. The molecule has 0 spiro atoms. The molecule has 1 aromatic heterocycles. The highest BCUT2D eigenvalue weighted by Crippen LogP contribution is 2.20. The molecule has 0 saturated carbocycles. The Kier molecular flexibility index (Phi) is 4.16. The average Bonchev–Trinajstić information content (AvgIpc) is 2.59. The highest BCUT2D eigenvalue weighted by atomic mass is 16.4. The van der Waals surface area contributed by atoms with Gasteiger partial charge in [-0.1, -0.05) is 20.8 Å². The number of nitrogens with one attached hydrogen (secondary N) is 1. The molecule has 0 aliphatic carbocycles. The van der Waals surface area contributed by atoms with Crippen molar-refractivity contribution >= 4 is 0 Å². The van der Waals surface area contributed by atoms with E-state index in [9.17, 15) is 5.11 Å². The zero-order valence-corrected chi connectivity index (χ0v) is 10.9. The summed E-state index contributed by atoms with van der Waals surface area (Å²) < 4.78 is 5.37. The third-order valence-electron chi connectivity index (χ3n) is 3.01. The first kappa shape index (κ1) is 13.3. The number of hydrogen-bond donors (Lipinski definition) is 2. The topological polar surface area (TPSA) is 45.4 Å². The van der Waals surface area contributed by atoms with Gasteiger partial charge >= 0.3 is 0 Å². The van der Waals surface area contributed by atoms with Gasteiger partial charge in [0.15, 0.2) is 0 Å². The molecule has 3 heteroatoms. The van der Waals surface area contributed by atoms with Crippen molar-refractivity contribution in [2.24, 2.45) is 5.41 Å². The van der Waals surface area contributed by atoms with E-state index in [2.05, 4.69) is 33.0 Å². The van der Waals surface area contributed by atoms with E-state index in [0.29, 0.717) is 18.3 Å². The van der Waals surface area contributed by atoms with Crippen molar-refractivity contribution in [3.05, 3.63) is 23.7 Å². The van der Waals surface area contributed by atoms with Gasteiger partial charge in [-0.15, -0.1) is 0 Å². The lowest BCUT2D eigenvalue weighted by molar-refractivity contribution is 0.133. The van der Waals surface area contributed by atoms with Gasteiger partial charge in [-0.2, -0.15) is 0 Å². The molecule has 0 fully saturated rings. The van der Waals surface area contributed by atoms with Crippen LogP contribution in [0, 0.1) is 12.3 Å². The van der Waals surface area contributed by atoms with Crippen LogP contribution in [0.15, 0.2) is 16.5 Å². The zero-order valence-electron chi connectivity index (χ0n) is 10.9. The van der Waals surface area contributed by atoms with Crippen LogP contribution in [0.2, 0.25) is 0 Å². The standard InChI is InChI=1S/C13H23NO2/c1-9-6-7-12(16-9)11(15)8-14-10(2)13(3,4)5/h6-7,10-11,14-15H,8H2,1-5H3. The summed E-state index contributed by atoms with van der Waals surface area (Å²) in [6.45, 7) is 11.0. The van der Waals surface area contributed by atoms with Gasteiger partial charge in [0, 0.05) is 12.6 Å². The first-order valence-electron chi connectivity index (χ1n) is 5.78. The average molecular weight is 225 g/mol. The Hall–Kier alpha value is -0.800. The van der Waals surface area contributed by atoms with Crippen molar-refractivity contribution in [1.82, 2.24) is 5.32 Å². The summed E-state index contributed by atoms with van der Waals surface area (Å²) in [5.74, 6) is 1.46. The molecular weight excluding hydrogens is 202 g/mol. The quantitative estimate of drug-likeness (QED) is 0.828. The maximum Gasteiger partial charge on any atom is 0.133 e. The van der Waals surface area contributed by atoms with Crippen LogP contribution in [0.4, 0.5) is 0 Å². The van der Waals surface area contributed by atoms with Crippen molar-refractivity contribution in [2.75, 3.05) is 6.54 Å². The van der Waals surface area contributed by atoms with Crippen LogP contribution >= 0.6 is 0 Å². The smallest absolute Gasteiger partial charge is 0.133 e. The third kappa shape index (κ3) is 3.65. The van der Waals surface area contributed by atoms with Crippen LogP contribution in [0.1, 0.15) is 45.3 Å². The molecule has 0 aliphatic rings. The molecule has 1 heterocycles. The molecule has 1 aromatic rings. The fourth-order valence-electron chi connectivity index (χ4n) is 1.33. The van der Waals surface area contributed by atoms with E-state index in [0.717, 1.165) is 5.76 Å². The molecule has 1 rings (SSSR count). The molecule has 0 amide bonds. The maximum atomic E-state index is 9.89. The second kappa shape index (κ2) is 5.02. The number of aliphatic hydroxyl groups excluding tert-OH is 1. The number of aliphatic hydroxyl groups is 1. The fourth-order valence-corrected chi connectivity index (χ4v) is 1.33. The molecule has 0 bridgehead atoms. The molecule has 92 valence electrons. The molecule has 0 saturated heterocycles. The van der Waals surface area contributed by atoms with E-state index >= 15 is 0 Å². The van der Waals surface area contributed by atoms with E-state index in [-0.39, 0.29) is 5.41 Å². The summed E-state index contributed by atoms with van der Waals surface area (Å²) in [7, 11) is 0. The molecule has 2 N–H and O–H groups in total. The normalized spacial score (nSPS) is 16.1. The number of rotatable bonds is 4. The monoisotopic (exact) mass is 225 g/mol. The van der Waals surface area contributed by atoms with Crippen LogP contribution in [0.5, 0.6) is 0 Å². The summed E-state index contributed by atoms with van der Waals surface area (Å²) in [6, 6.07) is 4.04. The lowest BCUT2D eigenvalue weighted by Crippen LogP contribution is -2.39. The Bertz CT molecular complexity index is 325. The largest absolute Gasteiger partial charge is 0.464 e. The van der Waals surface area contributed by atoms with Crippen molar-refractivity contribution in [3.63, 3.8) is 0 Å². The summed E-state index contributed by atoms with van der Waals surface area (Å²) >= 11 is 0. The van der Waals surface area contributed by atoms with Crippen LogP contribution in [0.25, 0.3) is 0 Å². The first-order valence-corrected chi connectivity index (χ1v) is 5.78. The van der Waals surface area contributed by atoms with Crippen LogP contribution < -0.4 is 5.32 Å². The highest BCUT2D eigenvalue weighted by molar-refractivity contribution is 5.08. The van der Waals surface area contributed by atoms with Gasteiger partial charge in [0.25, 0.3) is 0 Å². The lowest BCUT2D eigenvalue weighted by atomic mass is 9.88. The Labute approximate surface area is 97.9 Å². The number of aryl methyl sites for hydroxylation is 1. The van der Waals surface area contributed by atoms with Gasteiger partial charge in [0.1, 0.15) is 17.6 Å². The highest BCUT2D eigenvalue weighted by Gasteiger charge is 2.21. The van der Waals surface area contributed by atoms with Crippen molar-refractivity contribution in [3.8, 4) is 0 Å². The van der Waals surface area contributed by atoms with Gasteiger partial charge in [-0.3, -0.25) is 0 Å². The molecule has 2 atom stereocenters. The van der Waals surface area contributed by atoms with Gasteiger partial charge < -0.3 is 14.8 Å². The van der Waals surface area contributed by atoms with Crippen LogP contribution in [0.3, 0.4) is 0 Å². The molecule has 0 aliphatic heterocycles. The molecule has 16 heavy (non-hydrogen) atoms. The number of hydrogen-bond acceptors (Lipinski definition) is 3. The molecule has 2 unspecified atom stereocenters. The minimum Gasteiger partial charge on any atom is -0.464 e. The third-order valence-corrected chi connectivity index (χ3v) is 3.01. The summed E-state index contributed by atoms with van der Waals surface area (Å²) in [5, 5.41) is 13.2. The Morgan fingerprint density at radius 2 is 2.00 bits per heavy atom. The van der Waals surface area contributed by atoms with E-state index in [1.807, 2.05) is 19.1 Å². The summed E-state index contributed by atoms with van der Waals surface area (Å²) in [6.07, 6.45) is -0.571. The minimum absolute atomic E-state index is 0.193. The summed E-state index contributed by atoms with van der Waals surface area (Å²) in [5.41, 5.74) is 0.193. The van der Waals surface area contributed by atoms with Crippen LogP contribution in [-0.4, -0.2) is 17.7 Å². The van der Waals surface area contributed by atoms with E-state index < -0.39 is 6.10 Å². The molecular formula is C13H23NO2. The Morgan fingerprint density at radius 1 is 1.38 bits per heavy atom. The van der Waals surface area contributed by atoms with Crippen LogP contribution in [-0.2, 0) is 0 Å². The van der Waals surface area contributed by atoms with Gasteiger partial charge in [-0.25, -0.2) is 0 Å². The number of furan rings is 1. The van der Waals surface area contributed by atoms with E-state index in [1.54, 1.807) is 0 Å². The molecule has 0 radical (unpaired) electrons. The predicted octanol–water partition coefficient (Wildman–Crippen LogP) is 2.65. The van der Waals surface area contributed by atoms with Crippen molar-refractivity contribution in [1.29, 1.82) is 0 Å². The van der Waals surface area contributed by atoms with E-state index in [4.69, 9.17) is 4.42 Å². The Morgan fingerprint density at radius 3 is 2.44 bits per heavy atom. The molecule has 3 nitrogen and oxygen atoms in total. The van der Waals surface area contributed by atoms with Gasteiger partial charge in [0.2, 0.25) is 0 Å². The van der Waals surface area contributed by atoms with E-state index in [1.165, 1.54) is 0 Å². The SMILES string of the molecule is Cc1ccc(C(O)CNC(C)C(C)(C)C)o1. The fraction of sp³-hybridized carbons (Fsp3) is 0.692. The first-order chi connectivity index (χ1) is 7.30. The Balaban J connectivity index is 2.44. The zero-order chi connectivity index (χ0) is 12.3. The second-order valence-corrected chi connectivity index (χ2v) is 5.46. The lowest BCUT2D eigenvalue weighted by Gasteiger charge is -2.28. The summed E-state index contributed by atoms with van der Waals surface area (Å²) in [4.78, 5) is 0. The maximum absolute atomic E-state index is 9.89. The van der Waals surface area contributed by atoms with Crippen molar-refractivity contribution < 1.29 is 9.52 Å². The van der Waals surface area contributed by atoms with Gasteiger partial charge in [-0.05, 0) is 31.4 Å². The second-order valence-electron chi connectivity index (χ2n) is 5.46. The van der Waals surface area contributed by atoms with Gasteiger partial charge in [0.05, 0.1) is 0 Å². The molecule has 0 aromatic carbocycles. The predicted molar refractivity (Wildman–Crippen MR) is 65.3 cm³/mol. The van der Waals surface area contributed by atoms with Crippen molar-refractivity contribution in [2.45, 2.75) is 46.8 Å².